The molecule has 0 radical (unpaired) electrons. The molecule has 1 aliphatic heterocycles. The molecule has 0 saturated carbocycles. The Balaban J connectivity index is 1.24. The van der Waals surface area contributed by atoms with E-state index in [1.807, 2.05) is 12.1 Å². The number of esters is 1. The number of anilines is 1. The van der Waals surface area contributed by atoms with Crippen LogP contribution in [0, 0.1) is 17.1 Å². The zero-order valence-electron chi connectivity index (χ0n) is 22.2. The molecule has 0 bridgehead atoms. The number of hydrogen-bond acceptors (Lipinski definition) is 9. The first-order chi connectivity index (χ1) is 20.2. The molecule has 0 aromatic carbocycles. The summed E-state index contributed by atoms with van der Waals surface area (Å²) in [7, 11) is 0. The Hall–Kier alpha value is -4.77. The number of hydrogen-bond donors (Lipinski definition) is 0. The maximum atomic E-state index is 13.1. The summed E-state index contributed by atoms with van der Waals surface area (Å²) in [5.41, 5.74) is 3.08. The number of nitrogens with zero attached hydrogens (tertiary/aromatic N) is 7. The van der Waals surface area contributed by atoms with Gasteiger partial charge in [-0.15, -0.1) is 0 Å². The number of halogens is 4. The van der Waals surface area contributed by atoms with Crippen molar-refractivity contribution in [2.75, 3.05) is 44.3 Å². The number of pyridine rings is 3. The van der Waals surface area contributed by atoms with Crippen LogP contribution in [0.5, 0.6) is 5.75 Å². The van der Waals surface area contributed by atoms with Crippen molar-refractivity contribution in [2.45, 2.75) is 19.1 Å². The molecule has 5 heterocycles. The third-order valence-electron chi connectivity index (χ3n) is 6.66. The highest BCUT2D eigenvalue weighted by Gasteiger charge is 2.40. The number of alkyl halides is 3. The van der Waals surface area contributed by atoms with Gasteiger partial charge in [0.05, 0.1) is 48.6 Å². The number of piperazine rings is 1. The average Bonchev–Trinajstić information content (AvgIpc) is 3.41. The van der Waals surface area contributed by atoms with Crippen molar-refractivity contribution in [3.63, 3.8) is 0 Å². The quantitative estimate of drug-likeness (QED) is 0.164. The molecule has 10 nitrogen and oxygen atoms in total. The molecule has 0 N–H and O–H groups in total. The highest BCUT2D eigenvalue weighted by molar-refractivity contribution is 5.85. The summed E-state index contributed by atoms with van der Waals surface area (Å²) in [6.07, 6.45) is 0.916. The van der Waals surface area contributed by atoms with Crippen LogP contribution < -0.4 is 9.64 Å². The first-order valence-electron chi connectivity index (χ1n) is 13.0. The minimum atomic E-state index is -5.04. The van der Waals surface area contributed by atoms with E-state index in [2.05, 4.69) is 35.7 Å². The number of carbonyl (C=O) groups excluding carboxylic acids is 1. The van der Waals surface area contributed by atoms with Crippen LogP contribution in [0.2, 0.25) is 0 Å². The highest BCUT2D eigenvalue weighted by atomic mass is 19.4. The lowest BCUT2D eigenvalue weighted by atomic mass is 10.1. The lowest BCUT2D eigenvalue weighted by Crippen LogP contribution is -2.46. The van der Waals surface area contributed by atoms with E-state index < -0.39 is 18.8 Å². The molecule has 0 unspecified atom stereocenters. The second kappa shape index (κ2) is 12.4. The maximum absolute atomic E-state index is 13.1. The van der Waals surface area contributed by atoms with Crippen molar-refractivity contribution >= 4 is 17.3 Å². The maximum Gasteiger partial charge on any atom is 0.490 e. The van der Waals surface area contributed by atoms with E-state index in [1.165, 1.54) is 23.0 Å². The van der Waals surface area contributed by atoms with E-state index in [0.29, 0.717) is 34.5 Å². The Kier molecular flexibility index (Phi) is 8.48. The van der Waals surface area contributed by atoms with Crippen molar-refractivity contribution in [1.82, 2.24) is 24.5 Å². The smallest absolute Gasteiger partial charge is 0.490 e. The second-order valence-electron chi connectivity index (χ2n) is 9.52. The van der Waals surface area contributed by atoms with Crippen molar-refractivity contribution in [1.29, 1.82) is 5.26 Å². The minimum absolute atomic E-state index is 0.0111. The monoisotopic (exact) mass is 583 g/mol. The number of nitriles is 1. The Morgan fingerprint density at radius 3 is 2.50 bits per heavy atom. The summed E-state index contributed by atoms with van der Waals surface area (Å²) in [6.45, 7) is 3.26. The fourth-order valence-corrected chi connectivity index (χ4v) is 4.57. The van der Waals surface area contributed by atoms with Gasteiger partial charge in [-0.25, -0.2) is 18.7 Å². The van der Waals surface area contributed by atoms with Crippen LogP contribution >= 0.6 is 0 Å². The second-order valence-corrected chi connectivity index (χ2v) is 9.52. The van der Waals surface area contributed by atoms with Gasteiger partial charge in [0, 0.05) is 56.5 Å². The van der Waals surface area contributed by atoms with Crippen molar-refractivity contribution < 1.29 is 31.8 Å². The molecule has 1 aliphatic rings. The number of aromatic nitrogens is 4. The number of rotatable bonds is 9. The standard InChI is InChI=1S/C28H25F4N7O3/c29-21-3-4-22(34-16-21)17-37-6-8-38(9-7-37)25-5-2-19(14-35-25)24-12-23(18-39-26(24)20(13-33)15-36-39)41-10-1-11-42-27(40)28(30,31)32/h2-5,12,14-16,18H,1,6-11,17H2. The van der Waals surface area contributed by atoms with E-state index in [4.69, 9.17) is 4.74 Å². The third-order valence-corrected chi connectivity index (χ3v) is 6.66. The normalized spacial score (nSPS) is 14.1. The van der Waals surface area contributed by atoms with Crippen molar-refractivity contribution in [3.05, 3.63) is 72.2 Å². The fourth-order valence-electron chi connectivity index (χ4n) is 4.57. The van der Waals surface area contributed by atoms with Crippen molar-refractivity contribution in [3.8, 4) is 22.9 Å². The van der Waals surface area contributed by atoms with Gasteiger partial charge >= 0.3 is 12.1 Å². The zero-order chi connectivity index (χ0) is 29.7. The molecule has 0 atom stereocenters. The molecule has 1 saturated heterocycles. The molecule has 0 aliphatic carbocycles. The first-order valence-corrected chi connectivity index (χ1v) is 13.0. The summed E-state index contributed by atoms with van der Waals surface area (Å²) in [6, 6.07) is 10.7. The lowest BCUT2D eigenvalue weighted by molar-refractivity contribution is -0.199. The molecule has 5 rings (SSSR count). The molecule has 4 aromatic rings. The van der Waals surface area contributed by atoms with Gasteiger partial charge in [0.2, 0.25) is 0 Å². The van der Waals surface area contributed by atoms with Gasteiger partial charge in [0.25, 0.3) is 0 Å². The summed E-state index contributed by atoms with van der Waals surface area (Å²) >= 11 is 0. The molecule has 0 amide bonds. The van der Waals surface area contributed by atoms with Gasteiger partial charge < -0.3 is 14.4 Å². The van der Waals surface area contributed by atoms with E-state index in [1.54, 1.807) is 24.5 Å². The van der Waals surface area contributed by atoms with E-state index in [9.17, 15) is 27.6 Å². The molecule has 1 fully saturated rings. The predicted molar refractivity (Wildman–Crippen MR) is 142 cm³/mol. The molecular weight excluding hydrogens is 558 g/mol. The van der Waals surface area contributed by atoms with Gasteiger partial charge in [-0.05, 0) is 30.3 Å². The first kappa shape index (κ1) is 28.7. The zero-order valence-corrected chi connectivity index (χ0v) is 22.2. The van der Waals surface area contributed by atoms with Gasteiger partial charge in [-0.3, -0.25) is 9.88 Å². The van der Waals surface area contributed by atoms with E-state index in [0.717, 1.165) is 37.7 Å². The molecule has 4 aromatic heterocycles. The Labute approximate surface area is 237 Å². The van der Waals surface area contributed by atoms with Crippen LogP contribution in [0.4, 0.5) is 23.4 Å². The molecule has 218 valence electrons. The van der Waals surface area contributed by atoms with Crippen LogP contribution in [0.3, 0.4) is 0 Å². The SMILES string of the molecule is N#Cc1cnn2cc(OCCCOC(=O)C(F)(F)F)cc(-c3ccc(N4CCN(Cc5ccc(F)cn5)CC4)nc3)c12. The predicted octanol–water partition coefficient (Wildman–Crippen LogP) is 4.00. The molecule has 0 spiro atoms. The summed E-state index contributed by atoms with van der Waals surface area (Å²) in [5.74, 6) is -1.44. The number of carbonyl (C=O) groups is 1. The van der Waals surface area contributed by atoms with Gasteiger partial charge in [0.1, 0.15) is 23.5 Å². The van der Waals surface area contributed by atoms with Gasteiger partial charge in [-0.1, -0.05) is 0 Å². The lowest BCUT2D eigenvalue weighted by Gasteiger charge is -2.35. The molecular formula is C28H25F4N7O3. The van der Waals surface area contributed by atoms with Gasteiger partial charge in [-0.2, -0.15) is 23.5 Å². The molecule has 14 heteroatoms. The van der Waals surface area contributed by atoms with Crippen molar-refractivity contribution in [2.24, 2.45) is 0 Å². The topological polar surface area (TPSA) is 109 Å². The van der Waals surface area contributed by atoms with E-state index >= 15 is 0 Å². The molecule has 42 heavy (non-hydrogen) atoms. The number of ether oxygens (including phenoxy) is 2. The van der Waals surface area contributed by atoms with Crippen LogP contribution in [0.15, 0.2) is 55.1 Å². The van der Waals surface area contributed by atoms with Crippen LogP contribution in [0.25, 0.3) is 16.6 Å². The van der Waals surface area contributed by atoms with Crippen LogP contribution in [-0.2, 0) is 16.1 Å². The van der Waals surface area contributed by atoms with Crippen LogP contribution in [-0.4, -0.2) is 76.0 Å². The van der Waals surface area contributed by atoms with Crippen LogP contribution in [0.1, 0.15) is 17.7 Å². The van der Waals surface area contributed by atoms with E-state index in [-0.39, 0.29) is 18.8 Å². The Morgan fingerprint density at radius 2 is 1.83 bits per heavy atom. The number of fused-ring (bicyclic) bond motifs is 1. The summed E-state index contributed by atoms with van der Waals surface area (Å²) in [4.78, 5) is 24.0. The Bertz CT molecular complexity index is 1580. The van der Waals surface area contributed by atoms with Gasteiger partial charge in [0.15, 0.2) is 0 Å². The average molecular weight is 584 g/mol. The fraction of sp³-hybridized carbons (Fsp3) is 0.321. The third kappa shape index (κ3) is 6.74. The highest BCUT2D eigenvalue weighted by Crippen LogP contribution is 2.31. The summed E-state index contributed by atoms with van der Waals surface area (Å²) < 4.78 is 61.3. The Morgan fingerprint density at radius 1 is 1.02 bits per heavy atom. The summed E-state index contributed by atoms with van der Waals surface area (Å²) in [5, 5.41) is 13.8. The largest absolute Gasteiger partial charge is 0.492 e. The minimum Gasteiger partial charge on any atom is -0.492 e.